The molecule has 5 heteroatoms. The molecule has 17 heavy (non-hydrogen) atoms. The molecule has 0 aliphatic carbocycles. The Morgan fingerprint density at radius 3 is 1.18 bits per heavy atom. The van der Waals surface area contributed by atoms with Crippen molar-refractivity contribution in [2.45, 2.75) is 38.8 Å². The van der Waals surface area contributed by atoms with E-state index in [0.29, 0.717) is 12.1 Å². The summed E-state index contributed by atoms with van der Waals surface area (Å²) >= 11 is 0. The summed E-state index contributed by atoms with van der Waals surface area (Å²) in [6.45, 7) is 6.09. The Balaban J connectivity index is -0.000000218. The average Bonchev–Trinajstić information content (AvgIpc) is 2.33. The van der Waals surface area contributed by atoms with Gasteiger partial charge in [-0.1, -0.05) is 26.7 Å². The van der Waals surface area contributed by atoms with Crippen molar-refractivity contribution in [1.29, 1.82) is 0 Å². The van der Waals surface area contributed by atoms with Crippen molar-refractivity contribution in [3.63, 3.8) is 0 Å². The predicted octanol–water partition coefficient (Wildman–Crippen LogP) is 3.54. The first kappa shape index (κ1) is 22.6. The van der Waals surface area contributed by atoms with Crippen LogP contribution in [0.25, 0.3) is 21.3 Å². The van der Waals surface area contributed by atoms with E-state index in [1.807, 2.05) is 28.2 Å². The minimum absolute atomic E-state index is 0. The normalized spacial score (nSPS) is 13.1. The van der Waals surface area contributed by atoms with Crippen LogP contribution in [-0.2, 0) is 19.5 Å². The summed E-state index contributed by atoms with van der Waals surface area (Å²) in [7, 11) is 7.37. The molecule has 0 aromatic carbocycles. The Kier molecular flexibility index (Phi) is 25.0. The molecule has 0 saturated heterocycles. The van der Waals surface area contributed by atoms with E-state index < -0.39 is 0 Å². The summed E-state index contributed by atoms with van der Waals surface area (Å²) in [5, 5.41) is 16.1. The summed E-state index contributed by atoms with van der Waals surface area (Å²) in [4.78, 5) is 0. The third-order valence-electron chi connectivity index (χ3n) is 2.42. The van der Waals surface area contributed by atoms with E-state index in [-0.39, 0.29) is 19.5 Å². The molecule has 102 valence electrons. The minimum Gasteiger partial charge on any atom is -0.665 e. The summed E-state index contributed by atoms with van der Waals surface area (Å²) in [6, 6.07) is 0.970. The molecule has 0 aliphatic heterocycles. The molecular weight excluding hydrogens is 266 g/mol. The second kappa shape index (κ2) is 18.8. The van der Waals surface area contributed by atoms with Gasteiger partial charge in [0.15, 0.2) is 0 Å². The Labute approximate surface area is 121 Å². The summed E-state index contributed by atoms with van der Waals surface area (Å²) < 4.78 is 0. The van der Waals surface area contributed by atoms with Crippen LogP contribution in [-0.4, -0.2) is 53.4 Å². The first-order chi connectivity index (χ1) is 7.62. The quantitative estimate of drug-likeness (QED) is 0.615. The van der Waals surface area contributed by atoms with Gasteiger partial charge in [0, 0.05) is 19.5 Å². The van der Waals surface area contributed by atoms with Crippen LogP contribution in [0.1, 0.15) is 26.7 Å². The standard InChI is InChI=1S/2C6H14N2.Zn/c2*1-6(8-3)4-5-7-2;/h2*6H,4-5H2,1-3H3;/q2*-2;. The Morgan fingerprint density at radius 1 is 0.706 bits per heavy atom. The SMILES string of the molecule is C[N-]CCC(C)[N-]C.C[N-]CCC(C)[N-]C.[Zn]. The second-order valence-electron chi connectivity index (χ2n) is 3.87. The minimum atomic E-state index is 0. The van der Waals surface area contributed by atoms with Crippen molar-refractivity contribution in [2.24, 2.45) is 0 Å². The van der Waals surface area contributed by atoms with Gasteiger partial charge in [0.05, 0.1) is 0 Å². The van der Waals surface area contributed by atoms with E-state index in [0.717, 1.165) is 25.9 Å². The van der Waals surface area contributed by atoms with Crippen molar-refractivity contribution in [2.75, 3.05) is 41.3 Å². The van der Waals surface area contributed by atoms with Crippen LogP contribution in [0.3, 0.4) is 0 Å². The Hall–Kier alpha value is 0.463. The first-order valence-corrected chi connectivity index (χ1v) is 5.91. The molecule has 0 saturated carbocycles. The summed E-state index contributed by atoms with van der Waals surface area (Å²) in [5.74, 6) is 0. The van der Waals surface area contributed by atoms with Gasteiger partial charge in [-0.05, 0) is 0 Å². The van der Waals surface area contributed by atoms with Crippen LogP contribution in [0.2, 0.25) is 0 Å². The maximum absolute atomic E-state index is 4.07. The van der Waals surface area contributed by atoms with Crippen molar-refractivity contribution < 1.29 is 19.5 Å². The van der Waals surface area contributed by atoms with Gasteiger partial charge in [-0.25, -0.2) is 0 Å². The monoisotopic (exact) mass is 292 g/mol. The van der Waals surface area contributed by atoms with Gasteiger partial charge in [-0.15, -0.1) is 12.1 Å². The molecule has 2 atom stereocenters. The van der Waals surface area contributed by atoms with Crippen molar-refractivity contribution >= 4 is 0 Å². The molecule has 0 radical (unpaired) electrons. The summed E-state index contributed by atoms with van der Waals surface area (Å²) in [5.41, 5.74) is 0. The van der Waals surface area contributed by atoms with E-state index >= 15 is 0 Å². The fourth-order valence-electron chi connectivity index (χ4n) is 0.890. The smallest absolute Gasteiger partial charge is 0 e. The van der Waals surface area contributed by atoms with Gasteiger partial charge in [0.25, 0.3) is 0 Å². The van der Waals surface area contributed by atoms with Gasteiger partial charge in [-0.3, -0.25) is 0 Å². The Bertz CT molecular complexity index is 111. The van der Waals surface area contributed by atoms with E-state index in [2.05, 4.69) is 35.1 Å². The maximum Gasteiger partial charge on any atom is 0 e. The molecule has 0 heterocycles. The van der Waals surface area contributed by atoms with Gasteiger partial charge in [-0.2, -0.15) is 41.3 Å². The van der Waals surface area contributed by atoms with E-state index in [4.69, 9.17) is 0 Å². The molecule has 0 N–H and O–H groups in total. The number of hydrogen-bond acceptors (Lipinski definition) is 0. The van der Waals surface area contributed by atoms with Gasteiger partial charge >= 0.3 is 0 Å². The van der Waals surface area contributed by atoms with Crippen LogP contribution < -0.4 is 0 Å². The van der Waals surface area contributed by atoms with Crippen LogP contribution >= 0.6 is 0 Å². The van der Waals surface area contributed by atoms with E-state index in [9.17, 15) is 0 Å². The third kappa shape index (κ3) is 22.2. The van der Waals surface area contributed by atoms with E-state index in [1.165, 1.54) is 0 Å². The third-order valence-corrected chi connectivity index (χ3v) is 2.42. The van der Waals surface area contributed by atoms with Gasteiger partial charge in [0.2, 0.25) is 0 Å². The zero-order valence-electron chi connectivity index (χ0n) is 12.5. The molecule has 0 aliphatic rings. The molecule has 0 amide bonds. The van der Waals surface area contributed by atoms with Crippen molar-refractivity contribution in [1.82, 2.24) is 0 Å². The Morgan fingerprint density at radius 2 is 1.00 bits per heavy atom. The number of hydrogen-bond donors (Lipinski definition) is 0. The van der Waals surface area contributed by atoms with Crippen LogP contribution in [0, 0.1) is 0 Å². The molecule has 0 bridgehead atoms. The second-order valence-corrected chi connectivity index (χ2v) is 3.87. The predicted molar refractivity (Wildman–Crippen MR) is 75.0 cm³/mol. The maximum atomic E-state index is 4.07. The molecule has 2 unspecified atom stereocenters. The zero-order chi connectivity index (χ0) is 12.8. The summed E-state index contributed by atoms with van der Waals surface area (Å²) in [6.07, 6.45) is 2.18. The number of nitrogens with zero attached hydrogens (tertiary/aromatic N) is 4. The molecular formula is C12H28N4Zn-4. The topological polar surface area (TPSA) is 56.4 Å². The molecule has 0 spiro atoms. The number of rotatable bonds is 8. The fraction of sp³-hybridized carbons (Fsp3) is 1.00. The van der Waals surface area contributed by atoms with Crippen molar-refractivity contribution in [3.05, 3.63) is 21.3 Å². The zero-order valence-corrected chi connectivity index (χ0v) is 15.4. The van der Waals surface area contributed by atoms with E-state index in [1.54, 1.807) is 0 Å². The molecule has 0 aromatic rings. The molecule has 0 aromatic heterocycles. The largest absolute Gasteiger partial charge is 0.665 e. The fourth-order valence-corrected chi connectivity index (χ4v) is 0.890. The van der Waals surface area contributed by atoms with Crippen LogP contribution in [0.15, 0.2) is 0 Å². The first-order valence-electron chi connectivity index (χ1n) is 5.91. The molecule has 0 fully saturated rings. The van der Waals surface area contributed by atoms with Gasteiger partial charge < -0.3 is 21.3 Å². The molecule has 0 rings (SSSR count). The van der Waals surface area contributed by atoms with Gasteiger partial charge in [0.1, 0.15) is 0 Å². The van der Waals surface area contributed by atoms with Crippen LogP contribution in [0.4, 0.5) is 0 Å². The van der Waals surface area contributed by atoms with Crippen LogP contribution in [0.5, 0.6) is 0 Å². The average molecular weight is 294 g/mol. The molecule has 4 nitrogen and oxygen atoms in total. The van der Waals surface area contributed by atoms with Crippen molar-refractivity contribution in [3.8, 4) is 0 Å².